The summed E-state index contributed by atoms with van der Waals surface area (Å²) in [5, 5.41) is 12.2. The minimum Gasteiger partial charge on any atom is -0.394 e. The van der Waals surface area contributed by atoms with Crippen molar-refractivity contribution in [1.29, 1.82) is 0 Å². The Morgan fingerprint density at radius 2 is 2.06 bits per heavy atom. The van der Waals surface area contributed by atoms with Gasteiger partial charge in [-0.15, -0.1) is 0 Å². The van der Waals surface area contributed by atoms with E-state index < -0.39 is 5.54 Å². The van der Waals surface area contributed by atoms with Crippen LogP contribution in [0.25, 0.3) is 0 Å². The summed E-state index contributed by atoms with van der Waals surface area (Å²) in [7, 11) is 0. The summed E-state index contributed by atoms with van der Waals surface area (Å²) < 4.78 is 12.7. The Kier molecular flexibility index (Phi) is 3.15. The van der Waals surface area contributed by atoms with Gasteiger partial charge in [-0.05, 0) is 49.9 Å². The molecule has 17 heavy (non-hydrogen) atoms. The molecule has 0 aliphatic heterocycles. The van der Waals surface area contributed by atoms with Crippen molar-refractivity contribution in [2.24, 2.45) is 5.92 Å². The lowest BCUT2D eigenvalue weighted by Gasteiger charge is -2.28. The van der Waals surface area contributed by atoms with E-state index in [1.165, 1.54) is 24.3 Å². The number of rotatable bonds is 4. The van der Waals surface area contributed by atoms with Crippen LogP contribution < -0.4 is 5.32 Å². The Balaban J connectivity index is 2.07. The molecule has 1 atom stereocenters. The average Bonchev–Trinajstić information content (AvgIpc) is 3.13. The predicted molar refractivity (Wildman–Crippen MR) is 62.1 cm³/mol. The van der Waals surface area contributed by atoms with Crippen LogP contribution in [0, 0.1) is 11.7 Å². The molecule has 0 aromatic heterocycles. The smallest absolute Gasteiger partial charge is 0.251 e. The molecular weight excluding hydrogens is 221 g/mol. The second kappa shape index (κ2) is 4.45. The van der Waals surface area contributed by atoms with Crippen LogP contribution in [0.4, 0.5) is 4.39 Å². The van der Waals surface area contributed by atoms with E-state index >= 15 is 0 Å². The van der Waals surface area contributed by atoms with Gasteiger partial charge in [0.15, 0.2) is 0 Å². The van der Waals surface area contributed by atoms with Crippen LogP contribution in [0.1, 0.15) is 30.1 Å². The largest absolute Gasteiger partial charge is 0.394 e. The van der Waals surface area contributed by atoms with Gasteiger partial charge in [-0.25, -0.2) is 4.39 Å². The van der Waals surface area contributed by atoms with E-state index in [9.17, 15) is 14.3 Å². The highest BCUT2D eigenvalue weighted by Crippen LogP contribution is 2.39. The van der Waals surface area contributed by atoms with Gasteiger partial charge in [-0.3, -0.25) is 4.79 Å². The molecule has 1 fully saturated rings. The van der Waals surface area contributed by atoms with Crippen LogP contribution in [-0.4, -0.2) is 23.2 Å². The highest BCUT2D eigenvalue weighted by molar-refractivity contribution is 5.94. The molecule has 4 heteroatoms. The number of nitrogens with one attached hydrogen (secondary N) is 1. The maximum absolute atomic E-state index is 12.7. The molecular formula is C13H16FNO2. The first-order chi connectivity index (χ1) is 8.05. The van der Waals surface area contributed by atoms with Crippen LogP contribution in [0.2, 0.25) is 0 Å². The van der Waals surface area contributed by atoms with E-state index in [1.807, 2.05) is 6.92 Å². The molecule has 1 unspecified atom stereocenters. The normalized spacial score (nSPS) is 18.5. The van der Waals surface area contributed by atoms with Crippen LogP contribution in [0.3, 0.4) is 0 Å². The second-order valence-electron chi connectivity index (χ2n) is 4.81. The summed E-state index contributed by atoms with van der Waals surface area (Å²) in [6.45, 7) is 1.76. The lowest BCUT2D eigenvalue weighted by molar-refractivity contribution is 0.0824. The highest BCUT2D eigenvalue weighted by atomic mass is 19.1. The van der Waals surface area contributed by atoms with Crippen molar-refractivity contribution in [3.63, 3.8) is 0 Å². The Morgan fingerprint density at radius 3 is 2.53 bits per heavy atom. The zero-order chi connectivity index (χ0) is 12.5. The van der Waals surface area contributed by atoms with E-state index in [4.69, 9.17) is 0 Å². The molecule has 1 aliphatic rings. The van der Waals surface area contributed by atoms with Crippen molar-refractivity contribution in [2.45, 2.75) is 25.3 Å². The standard InChI is InChI=1S/C13H16FNO2/c1-13(8-16,10-4-5-10)15-12(17)9-2-6-11(14)7-3-9/h2-3,6-7,10,16H,4-5,8H2,1H3,(H,15,17). The molecule has 0 radical (unpaired) electrons. The van der Waals surface area contributed by atoms with Crippen LogP contribution in [0.15, 0.2) is 24.3 Å². The monoisotopic (exact) mass is 237 g/mol. The van der Waals surface area contributed by atoms with Gasteiger partial charge in [0.1, 0.15) is 5.82 Å². The Morgan fingerprint density at radius 1 is 1.47 bits per heavy atom. The minimum atomic E-state index is -0.564. The van der Waals surface area contributed by atoms with Crippen molar-refractivity contribution >= 4 is 5.91 Å². The molecule has 3 nitrogen and oxygen atoms in total. The van der Waals surface area contributed by atoms with Gasteiger partial charge in [0.25, 0.3) is 5.91 Å². The molecule has 0 heterocycles. The van der Waals surface area contributed by atoms with Crippen molar-refractivity contribution in [1.82, 2.24) is 5.32 Å². The Labute approximate surface area is 99.7 Å². The third-order valence-electron chi connectivity index (χ3n) is 3.31. The number of carbonyl (C=O) groups is 1. The lowest BCUT2D eigenvalue weighted by atomic mass is 9.96. The summed E-state index contributed by atoms with van der Waals surface area (Å²) in [6, 6.07) is 5.38. The quantitative estimate of drug-likeness (QED) is 0.837. The minimum absolute atomic E-state index is 0.0788. The number of halogens is 1. The van der Waals surface area contributed by atoms with Gasteiger partial charge in [-0.2, -0.15) is 0 Å². The number of aliphatic hydroxyl groups excluding tert-OH is 1. The summed E-state index contributed by atoms with van der Waals surface area (Å²) in [5.74, 6) is -0.293. The predicted octanol–water partition coefficient (Wildman–Crippen LogP) is 1.72. The molecule has 2 N–H and O–H groups in total. The van der Waals surface area contributed by atoms with Gasteiger partial charge in [-0.1, -0.05) is 0 Å². The van der Waals surface area contributed by atoms with Crippen LogP contribution in [0.5, 0.6) is 0 Å². The SMILES string of the molecule is CC(CO)(NC(=O)c1ccc(F)cc1)C1CC1. The zero-order valence-corrected chi connectivity index (χ0v) is 9.74. The lowest BCUT2D eigenvalue weighted by Crippen LogP contribution is -2.50. The van der Waals surface area contributed by atoms with Crippen molar-refractivity contribution < 1.29 is 14.3 Å². The zero-order valence-electron chi connectivity index (χ0n) is 9.74. The fraction of sp³-hybridized carbons (Fsp3) is 0.462. The maximum atomic E-state index is 12.7. The first-order valence-electron chi connectivity index (χ1n) is 5.74. The van der Waals surface area contributed by atoms with Gasteiger partial charge >= 0.3 is 0 Å². The molecule has 0 saturated heterocycles. The van der Waals surface area contributed by atoms with E-state index in [1.54, 1.807) is 0 Å². The number of hydrogen-bond donors (Lipinski definition) is 2. The number of carbonyl (C=O) groups excluding carboxylic acids is 1. The van der Waals surface area contributed by atoms with E-state index in [0.717, 1.165) is 12.8 Å². The third-order valence-corrected chi connectivity index (χ3v) is 3.31. The fourth-order valence-corrected chi connectivity index (χ4v) is 1.92. The van der Waals surface area contributed by atoms with Gasteiger partial charge < -0.3 is 10.4 Å². The van der Waals surface area contributed by atoms with Gasteiger partial charge in [0.05, 0.1) is 12.1 Å². The highest BCUT2D eigenvalue weighted by Gasteiger charge is 2.42. The molecule has 1 amide bonds. The molecule has 1 aliphatic carbocycles. The molecule has 0 bridgehead atoms. The molecule has 92 valence electrons. The molecule has 1 saturated carbocycles. The maximum Gasteiger partial charge on any atom is 0.251 e. The van der Waals surface area contributed by atoms with Gasteiger partial charge in [0, 0.05) is 5.56 Å². The van der Waals surface area contributed by atoms with Gasteiger partial charge in [0.2, 0.25) is 0 Å². The summed E-state index contributed by atoms with van der Waals surface area (Å²) in [5.41, 5.74) is -0.155. The van der Waals surface area contributed by atoms with Crippen LogP contribution >= 0.6 is 0 Å². The fourth-order valence-electron chi connectivity index (χ4n) is 1.92. The summed E-state index contributed by atoms with van der Waals surface area (Å²) in [4.78, 5) is 11.9. The first kappa shape index (κ1) is 12.0. The Hall–Kier alpha value is -1.42. The topological polar surface area (TPSA) is 49.3 Å². The molecule has 1 aromatic rings. The first-order valence-corrected chi connectivity index (χ1v) is 5.74. The van der Waals surface area contributed by atoms with E-state index in [2.05, 4.69) is 5.32 Å². The van der Waals surface area contributed by atoms with E-state index in [-0.39, 0.29) is 18.3 Å². The molecule has 0 spiro atoms. The van der Waals surface area contributed by atoms with Crippen LogP contribution in [-0.2, 0) is 0 Å². The number of aliphatic hydroxyl groups is 1. The Bertz CT molecular complexity index is 414. The number of benzene rings is 1. The number of amides is 1. The number of hydrogen-bond acceptors (Lipinski definition) is 2. The summed E-state index contributed by atoms with van der Waals surface area (Å²) >= 11 is 0. The summed E-state index contributed by atoms with van der Waals surface area (Å²) in [6.07, 6.45) is 2.06. The van der Waals surface area contributed by atoms with Crippen molar-refractivity contribution in [3.8, 4) is 0 Å². The van der Waals surface area contributed by atoms with Crippen molar-refractivity contribution in [3.05, 3.63) is 35.6 Å². The third kappa shape index (κ3) is 2.64. The molecule has 1 aromatic carbocycles. The second-order valence-corrected chi connectivity index (χ2v) is 4.81. The molecule has 2 rings (SSSR count). The average molecular weight is 237 g/mol. The van der Waals surface area contributed by atoms with Crippen molar-refractivity contribution in [2.75, 3.05) is 6.61 Å². The van der Waals surface area contributed by atoms with E-state index in [0.29, 0.717) is 11.5 Å².